The number of halogens is 1. The molecule has 168 valence electrons. The molecule has 1 atom stereocenters. The molecule has 2 heterocycles. The van der Waals surface area contributed by atoms with Gasteiger partial charge in [-0.05, 0) is 35.9 Å². The average molecular weight is 460 g/mol. The van der Waals surface area contributed by atoms with Gasteiger partial charge in [-0.15, -0.1) is 0 Å². The molecule has 3 aromatic rings. The van der Waals surface area contributed by atoms with E-state index in [0.717, 1.165) is 0 Å². The minimum absolute atomic E-state index is 0.000299. The molecular formula is C23H22ClNO7. The first kappa shape index (κ1) is 22.0. The molecule has 0 radical (unpaired) electrons. The second-order valence-electron chi connectivity index (χ2n) is 7.17. The van der Waals surface area contributed by atoms with Gasteiger partial charge in [0.1, 0.15) is 5.58 Å². The molecule has 0 fully saturated rings. The zero-order valence-corrected chi connectivity index (χ0v) is 18.8. The van der Waals surface area contributed by atoms with Crippen molar-refractivity contribution >= 4 is 28.5 Å². The van der Waals surface area contributed by atoms with Crippen LogP contribution in [0.1, 0.15) is 27.7 Å². The SMILES string of the molecule is COCCN1C(=O)c2oc3ccc(Cl)cc3c(=O)c2C1c1cc(OC)c(OC)c(OC)c1. The summed E-state index contributed by atoms with van der Waals surface area (Å²) < 4.78 is 27.4. The van der Waals surface area contributed by atoms with Crippen LogP contribution in [-0.4, -0.2) is 52.4 Å². The fraction of sp³-hybridized carbons (Fsp3) is 0.304. The lowest BCUT2D eigenvalue weighted by atomic mass is 9.97. The second-order valence-corrected chi connectivity index (χ2v) is 7.60. The zero-order valence-electron chi connectivity index (χ0n) is 18.1. The van der Waals surface area contributed by atoms with Crippen LogP contribution in [-0.2, 0) is 4.74 Å². The summed E-state index contributed by atoms with van der Waals surface area (Å²) in [4.78, 5) is 28.4. The standard InChI is InChI=1S/C23H22ClNO7/c1-28-8-7-25-19(12-9-16(29-2)21(31-4)17(10-12)30-3)18-20(26)14-11-13(24)5-6-15(14)32-22(18)23(25)27/h5-6,9-11,19H,7-8H2,1-4H3. The smallest absolute Gasteiger partial charge is 0.290 e. The third-order valence-corrected chi connectivity index (χ3v) is 5.70. The molecule has 0 spiro atoms. The molecule has 8 nitrogen and oxygen atoms in total. The predicted molar refractivity (Wildman–Crippen MR) is 118 cm³/mol. The topological polar surface area (TPSA) is 87.4 Å². The highest BCUT2D eigenvalue weighted by molar-refractivity contribution is 6.31. The van der Waals surface area contributed by atoms with E-state index in [4.69, 9.17) is 35.0 Å². The Hall–Kier alpha value is -3.23. The minimum atomic E-state index is -0.735. The quantitative estimate of drug-likeness (QED) is 0.532. The van der Waals surface area contributed by atoms with Gasteiger partial charge in [-0.2, -0.15) is 0 Å². The first-order chi connectivity index (χ1) is 15.4. The van der Waals surface area contributed by atoms with Crippen LogP contribution < -0.4 is 19.6 Å². The lowest BCUT2D eigenvalue weighted by Crippen LogP contribution is -2.32. The van der Waals surface area contributed by atoms with E-state index in [1.165, 1.54) is 27.4 Å². The van der Waals surface area contributed by atoms with Crippen LogP contribution in [0.3, 0.4) is 0 Å². The molecule has 0 aliphatic carbocycles. The summed E-state index contributed by atoms with van der Waals surface area (Å²) in [5.41, 5.74) is 0.811. The maximum atomic E-state index is 13.5. The molecule has 1 aliphatic heterocycles. The van der Waals surface area contributed by atoms with Gasteiger partial charge in [0.15, 0.2) is 16.9 Å². The van der Waals surface area contributed by atoms with E-state index < -0.39 is 11.9 Å². The summed E-state index contributed by atoms with van der Waals surface area (Å²) in [5, 5.41) is 0.699. The van der Waals surface area contributed by atoms with Crippen LogP contribution in [0.2, 0.25) is 5.02 Å². The van der Waals surface area contributed by atoms with Crippen LogP contribution in [0, 0.1) is 0 Å². The van der Waals surface area contributed by atoms with Crippen molar-refractivity contribution in [2.75, 3.05) is 41.6 Å². The highest BCUT2D eigenvalue weighted by Crippen LogP contribution is 2.45. The Kier molecular flexibility index (Phi) is 5.99. The Balaban J connectivity index is 2.00. The van der Waals surface area contributed by atoms with Crippen molar-refractivity contribution in [3.8, 4) is 17.2 Å². The van der Waals surface area contributed by atoms with Gasteiger partial charge < -0.3 is 28.3 Å². The van der Waals surface area contributed by atoms with Crippen molar-refractivity contribution in [2.45, 2.75) is 6.04 Å². The van der Waals surface area contributed by atoms with Gasteiger partial charge in [0, 0.05) is 18.7 Å². The first-order valence-corrected chi connectivity index (χ1v) is 10.2. The summed E-state index contributed by atoms with van der Waals surface area (Å²) >= 11 is 6.11. The Bertz CT molecular complexity index is 1230. The number of nitrogens with zero attached hydrogens (tertiary/aromatic N) is 1. The van der Waals surface area contributed by atoms with E-state index in [-0.39, 0.29) is 29.9 Å². The number of hydrogen-bond donors (Lipinski definition) is 0. The van der Waals surface area contributed by atoms with Crippen molar-refractivity contribution in [2.24, 2.45) is 0 Å². The number of hydrogen-bond acceptors (Lipinski definition) is 7. The Labute approximate surface area is 189 Å². The number of ether oxygens (including phenoxy) is 4. The molecule has 1 aliphatic rings. The van der Waals surface area contributed by atoms with Gasteiger partial charge in [-0.1, -0.05) is 11.6 Å². The zero-order chi connectivity index (χ0) is 23.0. The van der Waals surface area contributed by atoms with Crippen molar-refractivity contribution in [3.05, 3.63) is 62.5 Å². The van der Waals surface area contributed by atoms with Gasteiger partial charge in [0.25, 0.3) is 5.91 Å². The number of methoxy groups -OCH3 is 4. The van der Waals surface area contributed by atoms with Crippen molar-refractivity contribution in [1.29, 1.82) is 0 Å². The lowest BCUT2D eigenvalue weighted by Gasteiger charge is -2.26. The third-order valence-electron chi connectivity index (χ3n) is 5.47. The van der Waals surface area contributed by atoms with E-state index in [0.29, 0.717) is 38.8 Å². The summed E-state index contributed by atoms with van der Waals surface area (Å²) in [6.45, 7) is 0.525. The molecule has 0 bridgehead atoms. The molecule has 9 heteroatoms. The number of fused-ring (bicyclic) bond motifs is 2. The fourth-order valence-corrected chi connectivity index (χ4v) is 4.19. The summed E-state index contributed by atoms with van der Waals surface area (Å²) in [6.07, 6.45) is 0. The summed E-state index contributed by atoms with van der Waals surface area (Å²) in [7, 11) is 6.05. The van der Waals surface area contributed by atoms with E-state index in [1.54, 1.807) is 36.3 Å². The molecule has 0 saturated carbocycles. The predicted octanol–water partition coefficient (Wildman–Crippen LogP) is 3.66. The van der Waals surface area contributed by atoms with Gasteiger partial charge in [-0.25, -0.2) is 0 Å². The Morgan fingerprint density at radius 3 is 2.28 bits per heavy atom. The number of carbonyl (C=O) groups is 1. The molecule has 1 amide bonds. The highest BCUT2D eigenvalue weighted by Gasteiger charge is 2.43. The van der Waals surface area contributed by atoms with E-state index in [2.05, 4.69) is 0 Å². The molecule has 32 heavy (non-hydrogen) atoms. The van der Waals surface area contributed by atoms with Crippen LogP contribution in [0.4, 0.5) is 0 Å². The monoisotopic (exact) mass is 459 g/mol. The van der Waals surface area contributed by atoms with Crippen molar-refractivity contribution in [3.63, 3.8) is 0 Å². The molecular weight excluding hydrogens is 438 g/mol. The van der Waals surface area contributed by atoms with Crippen LogP contribution in [0.15, 0.2) is 39.5 Å². The Morgan fingerprint density at radius 2 is 1.69 bits per heavy atom. The van der Waals surface area contributed by atoms with Crippen molar-refractivity contribution in [1.82, 2.24) is 4.90 Å². The van der Waals surface area contributed by atoms with Crippen LogP contribution in [0.25, 0.3) is 11.0 Å². The second kappa shape index (κ2) is 8.72. The number of amides is 1. The van der Waals surface area contributed by atoms with Gasteiger partial charge in [-0.3, -0.25) is 9.59 Å². The Morgan fingerprint density at radius 1 is 1.00 bits per heavy atom. The normalized spacial score (nSPS) is 15.2. The number of carbonyl (C=O) groups excluding carboxylic acids is 1. The largest absolute Gasteiger partial charge is 0.493 e. The average Bonchev–Trinajstić information content (AvgIpc) is 3.08. The minimum Gasteiger partial charge on any atom is -0.493 e. The number of rotatable bonds is 7. The van der Waals surface area contributed by atoms with Crippen LogP contribution >= 0.6 is 11.6 Å². The maximum Gasteiger partial charge on any atom is 0.290 e. The van der Waals surface area contributed by atoms with Gasteiger partial charge >= 0.3 is 0 Å². The molecule has 1 unspecified atom stereocenters. The molecule has 2 aromatic carbocycles. The maximum absolute atomic E-state index is 13.5. The number of benzene rings is 2. The summed E-state index contributed by atoms with van der Waals surface area (Å²) in [6, 6.07) is 7.43. The lowest BCUT2D eigenvalue weighted by molar-refractivity contribution is 0.0662. The molecule has 1 aromatic heterocycles. The molecule has 0 N–H and O–H groups in total. The molecule has 0 saturated heterocycles. The van der Waals surface area contributed by atoms with Crippen molar-refractivity contribution < 1.29 is 28.2 Å². The molecule has 4 rings (SSSR count). The van der Waals surface area contributed by atoms with Gasteiger partial charge in [0.05, 0.1) is 44.9 Å². The summed E-state index contributed by atoms with van der Waals surface area (Å²) in [5.74, 6) is 0.818. The van der Waals surface area contributed by atoms with Gasteiger partial charge in [0.2, 0.25) is 11.5 Å². The van der Waals surface area contributed by atoms with Crippen LogP contribution in [0.5, 0.6) is 17.2 Å². The first-order valence-electron chi connectivity index (χ1n) is 9.81. The fourth-order valence-electron chi connectivity index (χ4n) is 4.02. The van der Waals surface area contributed by atoms with E-state index in [9.17, 15) is 9.59 Å². The van der Waals surface area contributed by atoms with E-state index in [1.807, 2.05) is 0 Å². The third kappa shape index (κ3) is 3.45. The van der Waals surface area contributed by atoms with E-state index >= 15 is 0 Å². The highest BCUT2D eigenvalue weighted by atomic mass is 35.5.